The van der Waals surface area contributed by atoms with E-state index in [1.54, 1.807) is 11.3 Å². The molecule has 0 amide bonds. The van der Waals surface area contributed by atoms with Gasteiger partial charge >= 0.3 is 0 Å². The Morgan fingerprint density at radius 3 is 2.53 bits per heavy atom. The Bertz CT molecular complexity index is 369. The second kappa shape index (κ2) is 5.27. The number of halogens is 1. The molecule has 0 atom stereocenters. The SMILES string of the molecule is CC(C)N1CCC(O)(Cc2ccc(Cl)s2)CC1. The molecule has 1 saturated heterocycles. The smallest absolute Gasteiger partial charge is 0.0931 e. The molecule has 2 rings (SSSR count). The topological polar surface area (TPSA) is 23.5 Å². The van der Waals surface area contributed by atoms with Gasteiger partial charge < -0.3 is 10.0 Å². The van der Waals surface area contributed by atoms with E-state index in [0.717, 1.165) is 36.7 Å². The number of rotatable bonds is 3. The first-order valence-electron chi connectivity index (χ1n) is 6.19. The van der Waals surface area contributed by atoms with Crippen LogP contribution in [0.15, 0.2) is 12.1 Å². The zero-order valence-corrected chi connectivity index (χ0v) is 12.0. The Labute approximate surface area is 112 Å². The number of aliphatic hydroxyl groups is 1. The largest absolute Gasteiger partial charge is 0.389 e. The van der Waals surface area contributed by atoms with Crippen LogP contribution in [0.2, 0.25) is 4.34 Å². The van der Waals surface area contributed by atoms with Crippen LogP contribution in [0.3, 0.4) is 0 Å². The molecule has 0 unspecified atom stereocenters. The molecule has 17 heavy (non-hydrogen) atoms. The molecule has 0 radical (unpaired) electrons. The maximum atomic E-state index is 10.6. The van der Waals surface area contributed by atoms with Gasteiger partial charge in [-0.2, -0.15) is 0 Å². The first-order valence-corrected chi connectivity index (χ1v) is 7.39. The van der Waals surface area contributed by atoms with Crippen LogP contribution in [0.25, 0.3) is 0 Å². The molecule has 1 aromatic heterocycles. The summed E-state index contributed by atoms with van der Waals surface area (Å²) in [6.07, 6.45) is 2.47. The maximum Gasteiger partial charge on any atom is 0.0931 e. The highest BCUT2D eigenvalue weighted by molar-refractivity contribution is 7.16. The summed E-state index contributed by atoms with van der Waals surface area (Å²) in [4.78, 5) is 3.62. The summed E-state index contributed by atoms with van der Waals surface area (Å²) in [6, 6.07) is 4.52. The molecule has 0 aromatic carbocycles. The van der Waals surface area contributed by atoms with E-state index >= 15 is 0 Å². The predicted molar refractivity (Wildman–Crippen MR) is 73.9 cm³/mol. The van der Waals surface area contributed by atoms with Crippen molar-refractivity contribution in [3.8, 4) is 0 Å². The second-order valence-corrected chi connectivity index (χ2v) is 7.04. The van der Waals surface area contributed by atoms with E-state index in [4.69, 9.17) is 11.6 Å². The van der Waals surface area contributed by atoms with Crippen molar-refractivity contribution in [3.05, 3.63) is 21.3 Å². The summed E-state index contributed by atoms with van der Waals surface area (Å²) in [5.41, 5.74) is -0.528. The van der Waals surface area contributed by atoms with Crippen LogP contribution in [0.4, 0.5) is 0 Å². The van der Waals surface area contributed by atoms with Gasteiger partial charge in [-0.05, 0) is 38.8 Å². The van der Waals surface area contributed by atoms with E-state index in [1.807, 2.05) is 12.1 Å². The van der Waals surface area contributed by atoms with Gasteiger partial charge in [-0.3, -0.25) is 0 Å². The highest BCUT2D eigenvalue weighted by atomic mass is 35.5. The lowest BCUT2D eigenvalue weighted by atomic mass is 9.87. The second-order valence-electron chi connectivity index (χ2n) is 5.24. The van der Waals surface area contributed by atoms with Crippen molar-refractivity contribution in [3.63, 3.8) is 0 Å². The Hall–Kier alpha value is -0.0900. The molecule has 1 aliphatic rings. The summed E-state index contributed by atoms with van der Waals surface area (Å²) in [5, 5.41) is 10.6. The number of hydrogen-bond donors (Lipinski definition) is 1. The third-order valence-electron chi connectivity index (χ3n) is 3.59. The lowest BCUT2D eigenvalue weighted by Gasteiger charge is -2.39. The molecule has 0 saturated carbocycles. The normalized spacial score (nSPS) is 21.0. The maximum absolute atomic E-state index is 10.6. The summed E-state index contributed by atoms with van der Waals surface area (Å²) < 4.78 is 0.809. The van der Waals surface area contributed by atoms with Crippen molar-refractivity contribution < 1.29 is 5.11 Å². The van der Waals surface area contributed by atoms with Gasteiger partial charge in [-0.1, -0.05) is 11.6 Å². The minimum atomic E-state index is -0.528. The van der Waals surface area contributed by atoms with Crippen LogP contribution in [-0.2, 0) is 6.42 Å². The number of thiophene rings is 1. The van der Waals surface area contributed by atoms with Crippen LogP contribution in [0.1, 0.15) is 31.6 Å². The molecule has 1 aromatic rings. The third kappa shape index (κ3) is 3.44. The molecule has 96 valence electrons. The molecule has 0 aliphatic carbocycles. The fourth-order valence-corrected chi connectivity index (χ4v) is 3.63. The zero-order chi connectivity index (χ0) is 12.5. The van der Waals surface area contributed by atoms with Crippen molar-refractivity contribution in [2.45, 2.75) is 44.8 Å². The summed E-state index contributed by atoms with van der Waals surface area (Å²) in [6.45, 7) is 6.41. The molecule has 4 heteroatoms. The highest BCUT2D eigenvalue weighted by Gasteiger charge is 2.33. The van der Waals surface area contributed by atoms with Gasteiger partial charge in [0.25, 0.3) is 0 Å². The molecule has 1 aliphatic heterocycles. The number of nitrogens with zero attached hydrogens (tertiary/aromatic N) is 1. The molecule has 1 fully saturated rings. The van der Waals surface area contributed by atoms with Crippen molar-refractivity contribution in [2.75, 3.05) is 13.1 Å². The Balaban J connectivity index is 1.93. The highest BCUT2D eigenvalue weighted by Crippen LogP contribution is 2.31. The van der Waals surface area contributed by atoms with E-state index < -0.39 is 5.60 Å². The lowest BCUT2D eigenvalue weighted by molar-refractivity contribution is -0.0265. The molecular formula is C13H20ClNOS. The van der Waals surface area contributed by atoms with Crippen LogP contribution in [0.5, 0.6) is 0 Å². The van der Waals surface area contributed by atoms with E-state index in [9.17, 15) is 5.11 Å². The van der Waals surface area contributed by atoms with Gasteiger partial charge in [0.05, 0.1) is 9.94 Å². The summed E-state index contributed by atoms with van der Waals surface area (Å²) >= 11 is 7.50. The summed E-state index contributed by atoms with van der Waals surface area (Å²) in [7, 11) is 0. The van der Waals surface area contributed by atoms with Crippen LogP contribution in [0, 0.1) is 0 Å². The van der Waals surface area contributed by atoms with E-state index in [-0.39, 0.29) is 0 Å². The Morgan fingerprint density at radius 1 is 1.41 bits per heavy atom. The fraction of sp³-hybridized carbons (Fsp3) is 0.692. The fourth-order valence-electron chi connectivity index (χ4n) is 2.40. The van der Waals surface area contributed by atoms with Gasteiger partial charge in [-0.15, -0.1) is 11.3 Å². The molecule has 2 nitrogen and oxygen atoms in total. The first-order chi connectivity index (χ1) is 7.98. The first kappa shape index (κ1) is 13.3. The van der Waals surface area contributed by atoms with Crippen LogP contribution < -0.4 is 0 Å². The van der Waals surface area contributed by atoms with Gasteiger partial charge in [0.15, 0.2) is 0 Å². The monoisotopic (exact) mass is 273 g/mol. The number of likely N-dealkylation sites (tertiary alicyclic amines) is 1. The van der Waals surface area contributed by atoms with Crippen LogP contribution in [-0.4, -0.2) is 34.7 Å². The minimum absolute atomic E-state index is 0.528. The van der Waals surface area contributed by atoms with Crippen molar-refractivity contribution in [1.82, 2.24) is 4.90 Å². The Morgan fingerprint density at radius 2 is 2.06 bits per heavy atom. The molecule has 0 spiro atoms. The third-order valence-corrected chi connectivity index (χ3v) is 4.82. The average molecular weight is 274 g/mol. The average Bonchev–Trinajstić information content (AvgIpc) is 2.63. The predicted octanol–water partition coefficient (Wildman–Crippen LogP) is 3.18. The molecule has 1 N–H and O–H groups in total. The standard InChI is InChI=1S/C13H20ClNOS/c1-10(2)15-7-5-13(16,6-8-15)9-11-3-4-12(14)17-11/h3-4,10,16H,5-9H2,1-2H3. The quantitative estimate of drug-likeness (QED) is 0.914. The minimum Gasteiger partial charge on any atom is -0.389 e. The zero-order valence-electron chi connectivity index (χ0n) is 10.4. The van der Waals surface area contributed by atoms with Crippen molar-refractivity contribution >= 4 is 22.9 Å². The van der Waals surface area contributed by atoms with E-state index in [2.05, 4.69) is 18.7 Å². The number of hydrogen-bond acceptors (Lipinski definition) is 3. The van der Waals surface area contributed by atoms with Crippen molar-refractivity contribution in [1.29, 1.82) is 0 Å². The lowest BCUT2D eigenvalue weighted by Crippen LogP contribution is -2.47. The molecule has 0 bridgehead atoms. The Kier molecular flexibility index (Phi) is 4.14. The van der Waals surface area contributed by atoms with E-state index in [0.29, 0.717) is 6.04 Å². The molecular weight excluding hydrogens is 254 g/mol. The van der Waals surface area contributed by atoms with Gasteiger partial charge in [0, 0.05) is 30.4 Å². The van der Waals surface area contributed by atoms with E-state index in [1.165, 1.54) is 4.88 Å². The number of piperidine rings is 1. The van der Waals surface area contributed by atoms with Crippen LogP contribution >= 0.6 is 22.9 Å². The van der Waals surface area contributed by atoms with Gasteiger partial charge in [0.2, 0.25) is 0 Å². The van der Waals surface area contributed by atoms with Gasteiger partial charge in [-0.25, -0.2) is 0 Å². The van der Waals surface area contributed by atoms with Crippen molar-refractivity contribution in [2.24, 2.45) is 0 Å². The molecule has 2 heterocycles. The summed E-state index contributed by atoms with van der Waals surface area (Å²) in [5.74, 6) is 0. The van der Waals surface area contributed by atoms with Gasteiger partial charge in [0.1, 0.15) is 0 Å².